The first-order valence-electron chi connectivity index (χ1n) is 14.4. The number of hydrogen-bond acceptors (Lipinski definition) is 6. The molecular weight excluding hydrogens is 528 g/mol. The van der Waals surface area contributed by atoms with E-state index in [1.165, 1.54) is 7.11 Å². The summed E-state index contributed by atoms with van der Waals surface area (Å²) >= 11 is 0. The van der Waals surface area contributed by atoms with Crippen LogP contribution in [0.15, 0.2) is 30.9 Å². The van der Waals surface area contributed by atoms with Crippen molar-refractivity contribution in [1.29, 1.82) is 0 Å². The Morgan fingerprint density at radius 3 is 2.36 bits per heavy atom. The lowest BCUT2D eigenvalue weighted by Crippen LogP contribution is -2.13. The van der Waals surface area contributed by atoms with Crippen LogP contribution >= 0.6 is 0 Å². The summed E-state index contributed by atoms with van der Waals surface area (Å²) in [6.45, 7) is 14.2. The standard InChI is InChI=1S/C34H34N4O4/c1-8-19-15(3)22-12-24-17(5)21(10-11-28(39)42-7)31(37-24)30-32-29(33(40)34(30)41)18(6)25(38-32)14-27-20(9-2)16(4)23(36-27)13-26(19)35-22/h8,12-14,17,21,37-38H,1,9-11H2,2-7H3/t17-,21-/m0/s1. The summed E-state index contributed by atoms with van der Waals surface area (Å²) in [5, 5.41) is 0. The maximum atomic E-state index is 13.6. The van der Waals surface area contributed by atoms with Gasteiger partial charge in [0, 0.05) is 40.7 Å². The van der Waals surface area contributed by atoms with Crippen molar-refractivity contribution in [2.24, 2.45) is 0 Å². The van der Waals surface area contributed by atoms with Gasteiger partial charge in [-0.2, -0.15) is 0 Å². The highest BCUT2D eigenvalue weighted by molar-refractivity contribution is 6.56. The minimum Gasteiger partial charge on any atom is -0.469 e. The molecule has 0 fully saturated rings. The number of carbonyl (C=O) groups excluding carboxylic acids is 3. The maximum absolute atomic E-state index is 13.6. The number of ether oxygens (including phenoxy) is 1. The number of hydrogen-bond donors (Lipinski definition) is 2. The van der Waals surface area contributed by atoms with Crippen LogP contribution in [-0.4, -0.2) is 44.6 Å². The van der Waals surface area contributed by atoms with Crippen LogP contribution in [0.5, 0.6) is 0 Å². The fraction of sp³-hybridized carbons (Fsp3) is 0.324. The van der Waals surface area contributed by atoms with Gasteiger partial charge >= 0.3 is 5.97 Å². The Balaban J connectivity index is 1.76. The van der Waals surface area contributed by atoms with Crippen molar-refractivity contribution in [3.63, 3.8) is 0 Å². The molecule has 2 aromatic heterocycles. The number of ketones is 2. The number of aromatic amines is 2. The molecule has 0 amide bonds. The molecule has 214 valence electrons. The van der Waals surface area contributed by atoms with Crippen molar-refractivity contribution in [3.05, 3.63) is 81.7 Å². The summed E-state index contributed by atoms with van der Waals surface area (Å²) in [4.78, 5) is 56.1. The third-order valence-corrected chi connectivity index (χ3v) is 9.20. The van der Waals surface area contributed by atoms with Crippen molar-refractivity contribution >= 4 is 50.9 Å². The number of nitrogens with one attached hydrogen (secondary N) is 2. The first-order chi connectivity index (χ1) is 20.1. The smallest absolute Gasteiger partial charge is 0.305 e. The number of fused-ring (bicyclic) bond motifs is 8. The van der Waals surface area contributed by atoms with Crippen molar-refractivity contribution < 1.29 is 19.1 Å². The van der Waals surface area contributed by atoms with Crippen LogP contribution < -0.4 is 0 Å². The summed E-state index contributed by atoms with van der Waals surface area (Å²) < 4.78 is 4.92. The number of esters is 1. The fourth-order valence-corrected chi connectivity index (χ4v) is 6.70. The normalized spacial score (nSPS) is 18.6. The minimum absolute atomic E-state index is 0.0779. The Morgan fingerprint density at radius 1 is 0.976 bits per heavy atom. The Kier molecular flexibility index (Phi) is 6.60. The van der Waals surface area contributed by atoms with E-state index in [9.17, 15) is 14.4 Å². The molecule has 8 heteroatoms. The van der Waals surface area contributed by atoms with Crippen LogP contribution in [0, 0.1) is 6.92 Å². The molecule has 3 aliphatic heterocycles. The maximum Gasteiger partial charge on any atom is 0.305 e. The van der Waals surface area contributed by atoms with Gasteiger partial charge in [-0.3, -0.25) is 14.4 Å². The third-order valence-electron chi connectivity index (χ3n) is 9.20. The van der Waals surface area contributed by atoms with Gasteiger partial charge < -0.3 is 14.7 Å². The van der Waals surface area contributed by atoms with Crippen LogP contribution in [0.1, 0.15) is 119 Å². The number of rotatable bonds is 5. The highest BCUT2D eigenvalue weighted by atomic mass is 16.5. The molecule has 8 nitrogen and oxygen atoms in total. The summed E-state index contributed by atoms with van der Waals surface area (Å²) in [5.41, 5.74) is 11.6. The quantitative estimate of drug-likeness (QED) is 0.299. The lowest BCUT2D eigenvalue weighted by Gasteiger charge is -2.17. The van der Waals surface area contributed by atoms with Gasteiger partial charge in [-0.15, -0.1) is 0 Å². The minimum atomic E-state index is -0.543. The van der Waals surface area contributed by atoms with Gasteiger partial charge in [0.15, 0.2) is 0 Å². The number of allylic oxidation sites excluding steroid dienone is 5. The molecule has 1 aliphatic carbocycles. The molecule has 0 spiro atoms. The van der Waals surface area contributed by atoms with E-state index in [-0.39, 0.29) is 24.2 Å². The van der Waals surface area contributed by atoms with Gasteiger partial charge in [-0.25, -0.2) is 9.97 Å². The highest BCUT2D eigenvalue weighted by Crippen LogP contribution is 2.45. The van der Waals surface area contributed by atoms with E-state index < -0.39 is 11.6 Å². The van der Waals surface area contributed by atoms with Crippen LogP contribution in [0.3, 0.4) is 0 Å². The topological polar surface area (TPSA) is 118 Å². The summed E-state index contributed by atoms with van der Waals surface area (Å²) in [5.74, 6) is -1.68. The molecule has 0 aromatic carbocycles. The molecule has 6 rings (SSSR count). The molecule has 0 saturated carbocycles. The largest absolute Gasteiger partial charge is 0.469 e. The lowest BCUT2D eigenvalue weighted by molar-refractivity contribution is -0.140. The van der Waals surface area contributed by atoms with E-state index in [4.69, 9.17) is 14.7 Å². The first-order valence-corrected chi connectivity index (χ1v) is 14.4. The predicted octanol–water partition coefficient (Wildman–Crippen LogP) is 7.02. The predicted molar refractivity (Wildman–Crippen MR) is 164 cm³/mol. The number of H-pyrrole nitrogens is 2. The van der Waals surface area contributed by atoms with Crippen molar-refractivity contribution in [2.75, 3.05) is 7.11 Å². The van der Waals surface area contributed by atoms with E-state index in [0.717, 1.165) is 68.3 Å². The fourth-order valence-electron chi connectivity index (χ4n) is 6.70. The summed E-state index contributed by atoms with van der Waals surface area (Å²) in [6, 6.07) is 5.99. The second kappa shape index (κ2) is 10.0. The molecule has 0 unspecified atom stereocenters. The van der Waals surface area contributed by atoms with Crippen molar-refractivity contribution in [3.8, 4) is 0 Å². The first kappa shape index (κ1) is 27.6. The zero-order valence-electron chi connectivity index (χ0n) is 24.8. The van der Waals surface area contributed by atoms with E-state index >= 15 is 0 Å². The van der Waals surface area contributed by atoms with E-state index in [1.807, 2.05) is 38.1 Å². The Labute approximate surface area is 244 Å². The lowest BCUT2D eigenvalue weighted by atomic mass is 9.85. The molecule has 5 heterocycles. The number of aromatic nitrogens is 4. The summed E-state index contributed by atoms with van der Waals surface area (Å²) in [7, 11) is 1.37. The monoisotopic (exact) mass is 562 g/mol. The molecule has 0 saturated heterocycles. The number of methoxy groups -OCH3 is 1. The Bertz CT molecular complexity index is 1880. The van der Waals surface area contributed by atoms with Gasteiger partial charge in [0.25, 0.3) is 0 Å². The van der Waals surface area contributed by atoms with Gasteiger partial charge in [0.05, 0.1) is 46.5 Å². The molecule has 42 heavy (non-hydrogen) atoms. The number of nitrogens with zero attached hydrogens (tertiary/aromatic N) is 2. The average Bonchev–Trinajstić information content (AvgIpc) is 3.69. The van der Waals surface area contributed by atoms with Gasteiger partial charge in [-0.05, 0) is 74.1 Å². The SMILES string of the molecule is C=CC1=C(C)c2cc3[nH]c(c4c5[nH]c(cc6nc(cc1n2)C(C)=C6CC)c(C)c5C(=O)C4=O)[C@@H](CCC(=O)OC)[C@@H]3C. The van der Waals surface area contributed by atoms with Gasteiger partial charge in [-0.1, -0.05) is 26.5 Å². The second-order valence-electron chi connectivity index (χ2n) is 11.3. The Hall–Kier alpha value is -4.59. The number of carbonyl (C=O) groups is 3. The highest BCUT2D eigenvalue weighted by Gasteiger charge is 2.40. The molecule has 2 aromatic rings. The van der Waals surface area contributed by atoms with Crippen molar-refractivity contribution in [2.45, 2.75) is 65.7 Å². The number of Topliss-reactive ketones (excluding diaryl/α,β-unsaturated/α-hetero) is 2. The third kappa shape index (κ3) is 4.00. The number of aryl methyl sites for hydroxylation is 1. The van der Waals surface area contributed by atoms with Crippen molar-refractivity contribution in [1.82, 2.24) is 19.9 Å². The molecule has 0 radical (unpaired) electrons. The molecule has 4 aliphatic rings. The second-order valence-corrected chi connectivity index (χ2v) is 11.3. The average molecular weight is 563 g/mol. The van der Waals surface area contributed by atoms with Gasteiger partial charge in [0.1, 0.15) is 0 Å². The van der Waals surface area contributed by atoms with Crippen LogP contribution in [0.4, 0.5) is 0 Å². The van der Waals surface area contributed by atoms with E-state index in [1.54, 1.807) is 0 Å². The van der Waals surface area contributed by atoms with Crippen LogP contribution in [-0.2, 0) is 9.53 Å². The van der Waals surface area contributed by atoms with E-state index in [2.05, 4.69) is 37.3 Å². The molecule has 2 atom stereocenters. The van der Waals surface area contributed by atoms with Crippen LogP contribution in [0.2, 0.25) is 0 Å². The van der Waals surface area contributed by atoms with Crippen LogP contribution in [0.25, 0.3) is 33.3 Å². The Morgan fingerprint density at radius 2 is 1.67 bits per heavy atom. The summed E-state index contributed by atoms with van der Waals surface area (Å²) in [6.07, 6.45) is 3.25. The zero-order valence-corrected chi connectivity index (χ0v) is 24.8. The molecule has 2 N–H and O–H groups in total. The van der Waals surface area contributed by atoms with E-state index in [0.29, 0.717) is 28.8 Å². The molecule has 8 bridgehead atoms. The zero-order chi connectivity index (χ0) is 30.0. The molecular formula is C34H34N4O4. The van der Waals surface area contributed by atoms with Gasteiger partial charge in [0.2, 0.25) is 11.6 Å².